The molecule has 7 nitrogen and oxygen atoms in total. The molecule has 0 aliphatic carbocycles. The maximum atomic E-state index is 12.1. The third-order valence-electron chi connectivity index (χ3n) is 3.29. The summed E-state index contributed by atoms with van der Waals surface area (Å²) in [5.74, 6) is 0.945. The van der Waals surface area contributed by atoms with Crippen LogP contribution >= 0.6 is 11.6 Å². The smallest absolute Gasteiger partial charge is 0.248 e. The highest BCUT2D eigenvalue weighted by molar-refractivity contribution is 6.30. The maximum absolute atomic E-state index is 12.1. The van der Waals surface area contributed by atoms with Crippen molar-refractivity contribution in [3.63, 3.8) is 0 Å². The average Bonchev–Trinajstić information content (AvgIpc) is 3.06. The van der Waals surface area contributed by atoms with E-state index in [1.54, 1.807) is 48.5 Å². The molecule has 0 radical (unpaired) electrons. The number of tetrazole rings is 1. The lowest BCUT2D eigenvalue weighted by atomic mass is 10.2. The minimum atomic E-state index is -0.246. The molecule has 2 aromatic carbocycles. The number of hydrogen-bond acceptors (Lipinski definition) is 5. The van der Waals surface area contributed by atoms with Crippen LogP contribution in [-0.2, 0) is 11.3 Å². The molecule has 0 saturated heterocycles. The molecule has 0 bridgehead atoms. The molecule has 0 unspecified atom stereocenters. The summed E-state index contributed by atoms with van der Waals surface area (Å²) in [5.41, 5.74) is 1.45. The molecule has 128 valence electrons. The molecular weight excluding hydrogens is 342 g/mol. The van der Waals surface area contributed by atoms with Crippen LogP contribution in [0.15, 0.2) is 48.5 Å². The molecule has 1 amide bonds. The second-order valence-corrected chi connectivity index (χ2v) is 5.59. The summed E-state index contributed by atoms with van der Waals surface area (Å²) < 4.78 is 5.36. The summed E-state index contributed by atoms with van der Waals surface area (Å²) in [6.45, 7) is 2.48. The summed E-state index contributed by atoms with van der Waals surface area (Å²) >= 11 is 5.86. The van der Waals surface area contributed by atoms with Crippen LogP contribution in [0.25, 0.3) is 11.4 Å². The van der Waals surface area contributed by atoms with Gasteiger partial charge in [-0.2, -0.15) is 4.80 Å². The standard InChI is InChI=1S/C17H16ClN5O2/c1-2-25-15-9-7-14(8-10-15)19-16(24)11-23-21-17(20-22-23)12-3-5-13(18)6-4-12/h3-10H,2,11H2,1H3,(H,19,24). The van der Waals surface area contributed by atoms with Crippen molar-refractivity contribution in [3.05, 3.63) is 53.6 Å². The van der Waals surface area contributed by atoms with E-state index in [9.17, 15) is 4.79 Å². The lowest BCUT2D eigenvalue weighted by Gasteiger charge is -2.06. The number of rotatable bonds is 6. The Hall–Kier alpha value is -2.93. The van der Waals surface area contributed by atoms with Crippen molar-refractivity contribution in [2.45, 2.75) is 13.5 Å². The monoisotopic (exact) mass is 357 g/mol. The molecule has 3 aromatic rings. The van der Waals surface area contributed by atoms with Crippen LogP contribution in [0.3, 0.4) is 0 Å². The highest BCUT2D eigenvalue weighted by Crippen LogP contribution is 2.17. The van der Waals surface area contributed by atoms with Gasteiger partial charge in [0.05, 0.1) is 6.61 Å². The van der Waals surface area contributed by atoms with Crippen molar-refractivity contribution >= 4 is 23.2 Å². The lowest BCUT2D eigenvalue weighted by Crippen LogP contribution is -2.20. The van der Waals surface area contributed by atoms with Crippen molar-refractivity contribution in [2.24, 2.45) is 0 Å². The van der Waals surface area contributed by atoms with Gasteiger partial charge in [-0.3, -0.25) is 4.79 Å². The van der Waals surface area contributed by atoms with E-state index in [1.807, 2.05) is 6.92 Å². The number of nitrogens with zero attached hydrogens (tertiary/aromatic N) is 4. The largest absolute Gasteiger partial charge is 0.494 e. The fraction of sp³-hybridized carbons (Fsp3) is 0.176. The van der Waals surface area contributed by atoms with Gasteiger partial charge >= 0.3 is 0 Å². The van der Waals surface area contributed by atoms with Gasteiger partial charge in [0.15, 0.2) is 0 Å². The van der Waals surface area contributed by atoms with E-state index in [0.717, 1.165) is 11.3 Å². The van der Waals surface area contributed by atoms with Crippen LogP contribution < -0.4 is 10.1 Å². The van der Waals surface area contributed by atoms with Gasteiger partial charge in [0, 0.05) is 16.3 Å². The zero-order valence-electron chi connectivity index (χ0n) is 13.5. The fourth-order valence-electron chi connectivity index (χ4n) is 2.15. The molecule has 0 aliphatic heterocycles. The van der Waals surface area contributed by atoms with Crippen molar-refractivity contribution < 1.29 is 9.53 Å². The van der Waals surface area contributed by atoms with Crippen LogP contribution in [0.4, 0.5) is 5.69 Å². The maximum Gasteiger partial charge on any atom is 0.248 e. The van der Waals surface area contributed by atoms with Gasteiger partial charge in [0.1, 0.15) is 12.3 Å². The van der Waals surface area contributed by atoms with Gasteiger partial charge in [0.25, 0.3) is 0 Å². The van der Waals surface area contributed by atoms with E-state index in [4.69, 9.17) is 16.3 Å². The van der Waals surface area contributed by atoms with E-state index in [0.29, 0.717) is 23.1 Å². The summed E-state index contributed by atoms with van der Waals surface area (Å²) in [7, 11) is 0. The van der Waals surface area contributed by atoms with Crippen molar-refractivity contribution in [2.75, 3.05) is 11.9 Å². The Morgan fingerprint density at radius 2 is 1.88 bits per heavy atom. The second kappa shape index (κ2) is 7.76. The Morgan fingerprint density at radius 3 is 2.56 bits per heavy atom. The zero-order valence-corrected chi connectivity index (χ0v) is 14.3. The molecule has 0 saturated carbocycles. The predicted molar refractivity (Wildman–Crippen MR) is 94.5 cm³/mol. The molecule has 0 spiro atoms. The summed E-state index contributed by atoms with van der Waals surface area (Å²) in [5, 5.41) is 15.5. The molecule has 1 heterocycles. The average molecular weight is 358 g/mol. The molecule has 8 heteroatoms. The molecule has 0 aliphatic rings. The molecule has 1 N–H and O–H groups in total. The summed E-state index contributed by atoms with van der Waals surface area (Å²) in [4.78, 5) is 13.3. The van der Waals surface area contributed by atoms with Crippen LogP contribution in [0.1, 0.15) is 6.92 Å². The summed E-state index contributed by atoms with van der Waals surface area (Å²) in [6, 6.07) is 14.2. The molecular formula is C17H16ClN5O2. The highest BCUT2D eigenvalue weighted by Gasteiger charge is 2.09. The van der Waals surface area contributed by atoms with Crippen LogP contribution in [0.5, 0.6) is 5.75 Å². The molecule has 1 aromatic heterocycles. The lowest BCUT2D eigenvalue weighted by molar-refractivity contribution is -0.117. The summed E-state index contributed by atoms with van der Waals surface area (Å²) in [6.07, 6.45) is 0. The first-order chi connectivity index (χ1) is 12.1. The number of hydrogen-bond donors (Lipinski definition) is 1. The Bertz CT molecular complexity index is 846. The fourth-order valence-corrected chi connectivity index (χ4v) is 2.28. The van der Waals surface area contributed by atoms with E-state index in [-0.39, 0.29) is 12.5 Å². The zero-order chi connectivity index (χ0) is 17.6. The predicted octanol–water partition coefficient (Wildman–Crippen LogP) is 3.03. The number of nitrogens with one attached hydrogen (secondary N) is 1. The minimum Gasteiger partial charge on any atom is -0.494 e. The SMILES string of the molecule is CCOc1ccc(NC(=O)Cn2nnc(-c3ccc(Cl)cc3)n2)cc1. The number of carbonyl (C=O) groups excluding carboxylic acids is 1. The van der Waals surface area contributed by atoms with Crippen molar-refractivity contribution in [1.82, 2.24) is 20.2 Å². The number of benzene rings is 2. The highest BCUT2D eigenvalue weighted by atomic mass is 35.5. The Morgan fingerprint density at radius 1 is 1.16 bits per heavy atom. The van der Waals surface area contributed by atoms with Crippen molar-refractivity contribution in [3.8, 4) is 17.1 Å². The van der Waals surface area contributed by atoms with Gasteiger partial charge < -0.3 is 10.1 Å². The van der Waals surface area contributed by atoms with Gasteiger partial charge in [0.2, 0.25) is 11.7 Å². The Balaban J connectivity index is 1.60. The number of halogens is 1. The first-order valence-electron chi connectivity index (χ1n) is 7.70. The molecule has 25 heavy (non-hydrogen) atoms. The first kappa shape index (κ1) is 16.9. The van der Waals surface area contributed by atoms with Crippen LogP contribution in [-0.4, -0.2) is 32.7 Å². The number of ether oxygens (including phenoxy) is 1. The number of amides is 1. The minimum absolute atomic E-state index is 0.0339. The third-order valence-corrected chi connectivity index (χ3v) is 3.54. The van der Waals surface area contributed by atoms with E-state index in [1.165, 1.54) is 4.80 Å². The quantitative estimate of drug-likeness (QED) is 0.733. The van der Waals surface area contributed by atoms with E-state index in [2.05, 4.69) is 20.7 Å². The third kappa shape index (κ3) is 4.54. The van der Waals surface area contributed by atoms with Crippen LogP contribution in [0, 0.1) is 0 Å². The number of carbonyl (C=O) groups is 1. The normalized spacial score (nSPS) is 10.5. The Labute approximate surface area is 149 Å². The van der Waals surface area contributed by atoms with Gasteiger partial charge in [-0.25, -0.2) is 0 Å². The van der Waals surface area contributed by atoms with Crippen molar-refractivity contribution in [1.29, 1.82) is 0 Å². The topological polar surface area (TPSA) is 81.9 Å². The van der Waals surface area contributed by atoms with Crippen LogP contribution in [0.2, 0.25) is 5.02 Å². The van der Waals surface area contributed by atoms with Gasteiger partial charge in [-0.1, -0.05) is 11.6 Å². The van der Waals surface area contributed by atoms with E-state index < -0.39 is 0 Å². The second-order valence-electron chi connectivity index (χ2n) is 5.16. The van der Waals surface area contributed by atoms with Gasteiger partial charge in [-0.05, 0) is 60.7 Å². The molecule has 3 rings (SSSR count). The molecule has 0 atom stereocenters. The number of anilines is 1. The molecule has 0 fully saturated rings. The first-order valence-corrected chi connectivity index (χ1v) is 8.08. The Kier molecular flexibility index (Phi) is 5.25. The van der Waals surface area contributed by atoms with Gasteiger partial charge in [-0.15, -0.1) is 10.2 Å². The number of aromatic nitrogens is 4. The van der Waals surface area contributed by atoms with E-state index >= 15 is 0 Å².